The van der Waals surface area contributed by atoms with Gasteiger partial charge in [0.05, 0.1) is 18.2 Å². The van der Waals surface area contributed by atoms with Crippen molar-refractivity contribution in [3.8, 4) is 5.75 Å². The van der Waals surface area contributed by atoms with Crippen molar-refractivity contribution in [2.24, 2.45) is 0 Å². The van der Waals surface area contributed by atoms with Gasteiger partial charge < -0.3 is 10.1 Å². The average molecular weight is 360 g/mol. The quantitative estimate of drug-likeness (QED) is 0.798. The monoisotopic (exact) mass is 359 g/mol. The molecular weight excluding hydrogens is 347 g/mol. The van der Waals surface area contributed by atoms with Crippen LogP contribution >= 0.6 is 23.2 Å². The van der Waals surface area contributed by atoms with E-state index in [2.05, 4.69) is 5.32 Å². The number of carbonyl (C=O) groups excluding carboxylic acids is 1. The van der Waals surface area contributed by atoms with Crippen LogP contribution < -0.4 is 10.1 Å². The van der Waals surface area contributed by atoms with Crippen molar-refractivity contribution in [2.45, 2.75) is 13.0 Å². The summed E-state index contributed by atoms with van der Waals surface area (Å²) in [4.78, 5) is 12.2. The molecular formula is C16H13Cl2F2NO2. The standard InChI is InChI=1S/C16H13Cl2F2NO2/c1-8(10-6-13(19)12(18)7-11(10)17)21-16(22)9-3-4-15(23-2)14(20)5-9/h3-8H,1-2H3,(H,21,22)/t8-/m1/s1. The Hall–Kier alpha value is -1.85. The fourth-order valence-electron chi connectivity index (χ4n) is 2.04. The molecule has 1 N–H and O–H groups in total. The van der Waals surface area contributed by atoms with Crippen LogP contribution in [0.1, 0.15) is 28.9 Å². The molecule has 2 aromatic carbocycles. The van der Waals surface area contributed by atoms with Gasteiger partial charge in [-0.1, -0.05) is 23.2 Å². The lowest BCUT2D eigenvalue weighted by molar-refractivity contribution is 0.0939. The lowest BCUT2D eigenvalue weighted by atomic mass is 10.1. The second-order valence-electron chi connectivity index (χ2n) is 4.83. The molecule has 0 heterocycles. The topological polar surface area (TPSA) is 38.3 Å². The van der Waals surface area contributed by atoms with Crippen molar-refractivity contribution in [3.05, 3.63) is 63.1 Å². The number of carbonyl (C=O) groups is 1. The molecule has 2 rings (SSSR count). The van der Waals surface area contributed by atoms with Gasteiger partial charge in [0.15, 0.2) is 11.6 Å². The molecule has 0 fully saturated rings. The number of amides is 1. The number of benzene rings is 2. The Morgan fingerprint density at radius 3 is 2.43 bits per heavy atom. The van der Waals surface area contributed by atoms with Crippen LogP contribution in [0.2, 0.25) is 10.0 Å². The minimum Gasteiger partial charge on any atom is -0.494 e. The third-order valence-corrected chi connectivity index (χ3v) is 3.88. The van der Waals surface area contributed by atoms with Crippen molar-refractivity contribution in [2.75, 3.05) is 7.11 Å². The lowest BCUT2D eigenvalue weighted by Crippen LogP contribution is -2.27. The molecule has 7 heteroatoms. The molecule has 0 spiro atoms. The molecule has 1 atom stereocenters. The summed E-state index contributed by atoms with van der Waals surface area (Å²) in [7, 11) is 1.33. The number of hydrogen-bond acceptors (Lipinski definition) is 2. The van der Waals surface area contributed by atoms with E-state index in [1.165, 1.54) is 25.3 Å². The van der Waals surface area contributed by atoms with Crippen LogP contribution in [0, 0.1) is 11.6 Å². The maximum absolute atomic E-state index is 13.6. The minimum atomic E-state index is -0.650. The first kappa shape index (κ1) is 17.5. The Labute approximate surface area is 142 Å². The van der Waals surface area contributed by atoms with Crippen molar-refractivity contribution >= 4 is 29.1 Å². The van der Waals surface area contributed by atoms with Gasteiger partial charge in [0.2, 0.25) is 0 Å². The predicted octanol–water partition coefficient (Wildman–Crippen LogP) is 4.77. The molecule has 0 aliphatic rings. The number of nitrogens with one attached hydrogen (secondary N) is 1. The van der Waals surface area contributed by atoms with E-state index in [0.717, 1.165) is 12.1 Å². The summed E-state index contributed by atoms with van der Waals surface area (Å²) >= 11 is 11.6. The number of rotatable bonds is 4. The van der Waals surface area contributed by atoms with E-state index < -0.39 is 23.6 Å². The Balaban J connectivity index is 2.20. The highest BCUT2D eigenvalue weighted by Crippen LogP contribution is 2.29. The van der Waals surface area contributed by atoms with Gasteiger partial charge in [0.1, 0.15) is 5.82 Å². The van der Waals surface area contributed by atoms with Gasteiger partial charge in [-0.2, -0.15) is 0 Å². The van der Waals surface area contributed by atoms with Gasteiger partial charge in [-0.25, -0.2) is 8.78 Å². The molecule has 0 aliphatic heterocycles. The molecule has 0 radical (unpaired) electrons. The number of halogens is 4. The summed E-state index contributed by atoms with van der Waals surface area (Å²) in [6.45, 7) is 1.63. The zero-order chi connectivity index (χ0) is 17.1. The smallest absolute Gasteiger partial charge is 0.251 e. The van der Waals surface area contributed by atoms with Crippen molar-refractivity contribution < 1.29 is 18.3 Å². The second kappa shape index (κ2) is 7.15. The number of hydrogen-bond donors (Lipinski definition) is 1. The van der Waals surface area contributed by atoms with E-state index in [9.17, 15) is 13.6 Å². The van der Waals surface area contributed by atoms with Crippen LogP contribution in [0.3, 0.4) is 0 Å². The normalized spacial score (nSPS) is 11.9. The van der Waals surface area contributed by atoms with Crippen LogP contribution in [-0.2, 0) is 0 Å². The van der Waals surface area contributed by atoms with Gasteiger partial charge in [0, 0.05) is 10.6 Å². The molecule has 23 heavy (non-hydrogen) atoms. The molecule has 0 aromatic heterocycles. The lowest BCUT2D eigenvalue weighted by Gasteiger charge is -2.16. The van der Waals surface area contributed by atoms with E-state index in [1.807, 2.05) is 0 Å². The van der Waals surface area contributed by atoms with Crippen molar-refractivity contribution in [3.63, 3.8) is 0 Å². The molecule has 2 aromatic rings. The highest BCUT2D eigenvalue weighted by Gasteiger charge is 2.17. The van der Waals surface area contributed by atoms with E-state index in [4.69, 9.17) is 27.9 Å². The Kier molecular flexibility index (Phi) is 5.44. The summed E-state index contributed by atoms with van der Waals surface area (Å²) in [6.07, 6.45) is 0. The maximum atomic E-state index is 13.6. The summed E-state index contributed by atoms with van der Waals surface area (Å²) in [5.74, 6) is -1.77. The first-order valence-electron chi connectivity index (χ1n) is 6.62. The first-order chi connectivity index (χ1) is 10.8. The summed E-state index contributed by atoms with van der Waals surface area (Å²) in [6, 6.07) is 5.67. The summed E-state index contributed by atoms with van der Waals surface area (Å²) in [5, 5.41) is 2.75. The summed E-state index contributed by atoms with van der Waals surface area (Å²) in [5.41, 5.74) is 0.483. The molecule has 0 saturated carbocycles. The average Bonchev–Trinajstić information content (AvgIpc) is 2.50. The van der Waals surface area contributed by atoms with E-state index in [-0.39, 0.29) is 21.4 Å². The molecule has 0 saturated heterocycles. The zero-order valence-electron chi connectivity index (χ0n) is 12.3. The number of methoxy groups -OCH3 is 1. The Bertz CT molecular complexity index is 753. The van der Waals surface area contributed by atoms with Gasteiger partial charge in [0.25, 0.3) is 5.91 Å². The van der Waals surface area contributed by atoms with Gasteiger partial charge in [-0.3, -0.25) is 4.79 Å². The molecule has 1 amide bonds. The molecule has 122 valence electrons. The van der Waals surface area contributed by atoms with Gasteiger partial charge in [-0.05, 0) is 42.8 Å². The predicted molar refractivity (Wildman–Crippen MR) is 85.3 cm³/mol. The molecule has 0 aliphatic carbocycles. The first-order valence-corrected chi connectivity index (χ1v) is 7.38. The van der Waals surface area contributed by atoms with Crippen LogP contribution in [0.4, 0.5) is 8.78 Å². The van der Waals surface area contributed by atoms with Gasteiger partial charge >= 0.3 is 0 Å². The van der Waals surface area contributed by atoms with Crippen LogP contribution in [0.5, 0.6) is 5.75 Å². The zero-order valence-corrected chi connectivity index (χ0v) is 13.8. The summed E-state index contributed by atoms with van der Waals surface area (Å²) < 4.78 is 32.0. The van der Waals surface area contributed by atoms with E-state index in [1.54, 1.807) is 6.92 Å². The molecule has 0 bridgehead atoms. The van der Waals surface area contributed by atoms with E-state index in [0.29, 0.717) is 5.56 Å². The van der Waals surface area contributed by atoms with Crippen molar-refractivity contribution in [1.82, 2.24) is 5.32 Å². The largest absolute Gasteiger partial charge is 0.494 e. The van der Waals surface area contributed by atoms with E-state index >= 15 is 0 Å². The number of ether oxygens (including phenoxy) is 1. The maximum Gasteiger partial charge on any atom is 0.251 e. The molecule has 3 nitrogen and oxygen atoms in total. The minimum absolute atomic E-state index is 0.0393. The fourth-order valence-corrected chi connectivity index (χ4v) is 2.58. The van der Waals surface area contributed by atoms with Gasteiger partial charge in [-0.15, -0.1) is 0 Å². The third kappa shape index (κ3) is 3.92. The van der Waals surface area contributed by atoms with Crippen molar-refractivity contribution in [1.29, 1.82) is 0 Å². The Morgan fingerprint density at radius 2 is 1.83 bits per heavy atom. The van der Waals surface area contributed by atoms with Crippen LogP contribution in [-0.4, -0.2) is 13.0 Å². The molecule has 0 unspecified atom stereocenters. The Morgan fingerprint density at radius 1 is 1.13 bits per heavy atom. The van der Waals surface area contributed by atoms with Crippen LogP contribution in [0.15, 0.2) is 30.3 Å². The van der Waals surface area contributed by atoms with Crippen LogP contribution in [0.25, 0.3) is 0 Å². The highest BCUT2D eigenvalue weighted by molar-refractivity contribution is 6.35. The third-order valence-electron chi connectivity index (χ3n) is 3.27. The second-order valence-corrected chi connectivity index (χ2v) is 5.65. The highest BCUT2D eigenvalue weighted by atomic mass is 35.5. The fraction of sp³-hybridized carbons (Fsp3) is 0.188. The SMILES string of the molecule is COc1ccc(C(=O)N[C@H](C)c2cc(F)c(Cl)cc2Cl)cc1F.